The van der Waals surface area contributed by atoms with Crippen LogP contribution in [0.2, 0.25) is 0 Å². The molecule has 1 saturated heterocycles. The molecule has 2 heterocycles. The highest BCUT2D eigenvalue weighted by Gasteiger charge is 2.26. The van der Waals surface area contributed by atoms with Gasteiger partial charge in [-0.15, -0.1) is 11.3 Å². The van der Waals surface area contributed by atoms with Crippen LogP contribution in [0.3, 0.4) is 0 Å². The quantitative estimate of drug-likeness (QED) is 0.584. The maximum atomic E-state index is 11.0. The molecule has 1 aromatic rings. The molecule has 0 aromatic carbocycles. The number of nitrogens with zero attached hydrogens (tertiary/aromatic N) is 1. The maximum Gasteiger partial charge on any atom is 0.229 e. The molecular weight excluding hydrogens is 158 g/mol. The second-order valence-electron chi connectivity index (χ2n) is 2.70. The van der Waals surface area contributed by atoms with Crippen molar-refractivity contribution in [3.8, 4) is 0 Å². The minimum atomic E-state index is 0.260. The molecule has 0 radical (unpaired) electrons. The van der Waals surface area contributed by atoms with E-state index in [4.69, 9.17) is 0 Å². The summed E-state index contributed by atoms with van der Waals surface area (Å²) < 4.78 is 0. The predicted octanol–water partition coefficient (Wildman–Crippen LogP) is 1.79. The van der Waals surface area contributed by atoms with Crippen molar-refractivity contribution in [2.24, 2.45) is 0 Å². The van der Waals surface area contributed by atoms with Crippen LogP contribution in [0.25, 0.3) is 0 Å². The lowest BCUT2D eigenvalue weighted by Gasteiger charge is -2.29. The van der Waals surface area contributed by atoms with Gasteiger partial charge in [0, 0.05) is 13.0 Å². The van der Waals surface area contributed by atoms with Crippen LogP contribution in [0.1, 0.15) is 12.0 Å². The first-order valence-electron chi connectivity index (χ1n) is 3.63. The zero-order valence-electron chi connectivity index (χ0n) is 6.33. The molecular formula is C8H9NOS. The summed E-state index contributed by atoms with van der Waals surface area (Å²) >= 11 is 1.64. The molecule has 1 fully saturated rings. The molecule has 0 unspecified atom stereocenters. The first-order chi connectivity index (χ1) is 5.29. The molecule has 11 heavy (non-hydrogen) atoms. The van der Waals surface area contributed by atoms with E-state index in [0.717, 1.165) is 18.0 Å². The van der Waals surface area contributed by atoms with E-state index in [2.05, 4.69) is 0 Å². The van der Waals surface area contributed by atoms with Crippen LogP contribution in [0.15, 0.2) is 11.4 Å². The molecule has 1 aromatic heterocycles. The molecule has 0 atom stereocenters. The Morgan fingerprint density at radius 1 is 1.64 bits per heavy atom. The van der Waals surface area contributed by atoms with E-state index in [1.165, 1.54) is 5.56 Å². The van der Waals surface area contributed by atoms with E-state index in [-0.39, 0.29) is 5.91 Å². The van der Waals surface area contributed by atoms with Crippen LogP contribution in [0.4, 0.5) is 5.00 Å². The number of β-lactam (4-membered cyclic amide) rings is 1. The third-order valence-corrected chi connectivity index (χ3v) is 2.97. The van der Waals surface area contributed by atoms with Gasteiger partial charge in [0.15, 0.2) is 0 Å². The van der Waals surface area contributed by atoms with Crippen molar-refractivity contribution in [2.75, 3.05) is 11.4 Å². The molecule has 0 bridgehead atoms. The topological polar surface area (TPSA) is 20.3 Å². The molecule has 58 valence electrons. The summed E-state index contributed by atoms with van der Waals surface area (Å²) in [5.41, 5.74) is 1.21. The van der Waals surface area contributed by atoms with Crippen molar-refractivity contribution in [2.45, 2.75) is 13.3 Å². The zero-order valence-corrected chi connectivity index (χ0v) is 7.15. The third kappa shape index (κ3) is 0.959. The summed E-state index contributed by atoms with van der Waals surface area (Å²) in [6.45, 7) is 2.94. The first kappa shape index (κ1) is 6.85. The summed E-state index contributed by atoms with van der Waals surface area (Å²) in [7, 11) is 0. The summed E-state index contributed by atoms with van der Waals surface area (Å²) in [4.78, 5) is 12.9. The highest BCUT2D eigenvalue weighted by molar-refractivity contribution is 7.14. The van der Waals surface area contributed by atoms with Gasteiger partial charge in [-0.2, -0.15) is 0 Å². The minimum Gasteiger partial charge on any atom is -0.303 e. The van der Waals surface area contributed by atoms with E-state index >= 15 is 0 Å². The molecule has 3 heteroatoms. The van der Waals surface area contributed by atoms with Gasteiger partial charge in [-0.1, -0.05) is 0 Å². The van der Waals surface area contributed by atoms with Crippen LogP contribution in [0, 0.1) is 6.92 Å². The standard InChI is InChI=1S/C8H9NOS/c1-6-3-5-11-8(6)9-4-2-7(9)10/h3,5H,2,4H2,1H3. The Hall–Kier alpha value is -0.830. The molecule has 2 rings (SSSR count). The van der Waals surface area contributed by atoms with Crippen LogP contribution in [-0.2, 0) is 4.79 Å². The average Bonchev–Trinajstić information content (AvgIpc) is 2.34. The van der Waals surface area contributed by atoms with Crippen molar-refractivity contribution >= 4 is 22.2 Å². The number of hydrogen-bond acceptors (Lipinski definition) is 2. The first-order valence-corrected chi connectivity index (χ1v) is 4.51. The number of amides is 1. The van der Waals surface area contributed by atoms with Gasteiger partial charge in [0.1, 0.15) is 5.00 Å². The van der Waals surface area contributed by atoms with Crippen molar-refractivity contribution in [1.82, 2.24) is 0 Å². The number of aryl methyl sites for hydroxylation is 1. The highest BCUT2D eigenvalue weighted by Crippen LogP contribution is 2.30. The Morgan fingerprint density at radius 2 is 2.45 bits per heavy atom. The lowest BCUT2D eigenvalue weighted by Crippen LogP contribution is -2.43. The number of anilines is 1. The number of carbonyl (C=O) groups is 1. The summed E-state index contributed by atoms with van der Waals surface area (Å²) in [5, 5.41) is 3.15. The van der Waals surface area contributed by atoms with E-state index in [1.807, 2.05) is 23.3 Å². The molecule has 0 saturated carbocycles. The Morgan fingerprint density at radius 3 is 2.82 bits per heavy atom. The number of hydrogen-bond donors (Lipinski definition) is 0. The lowest BCUT2D eigenvalue weighted by molar-refractivity contribution is -0.122. The van der Waals surface area contributed by atoms with Crippen molar-refractivity contribution < 1.29 is 4.79 Å². The van der Waals surface area contributed by atoms with Crippen LogP contribution in [-0.4, -0.2) is 12.5 Å². The van der Waals surface area contributed by atoms with E-state index in [9.17, 15) is 4.79 Å². The van der Waals surface area contributed by atoms with Gasteiger partial charge in [0.05, 0.1) is 0 Å². The second-order valence-corrected chi connectivity index (χ2v) is 3.60. The maximum absolute atomic E-state index is 11.0. The molecule has 0 aliphatic carbocycles. The minimum absolute atomic E-state index is 0.260. The van der Waals surface area contributed by atoms with Crippen LogP contribution < -0.4 is 4.90 Å². The normalized spacial score (nSPS) is 16.8. The Labute approximate surface area is 69.4 Å². The van der Waals surface area contributed by atoms with Gasteiger partial charge in [-0.3, -0.25) is 4.79 Å². The van der Waals surface area contributed by atoms with Gasteiger partial charge < -0.3 is 4.90 Å². The Kier molecular flexibility index (Phi) is 1.46. The van der Waals surface area contributed by atoms with Crippen molar-refractivity contribution in [3.63, 3.8) is 0 Å². The summed E-state index contributed by atoms with van der Waals surface area (Å²) in [6, 6.07) is 2.05. The molecule has 1 aliphatic rings. The van der Waals surface area contributed by atoms with Crippen molar-refractivity contribution in [1.29, 1.82) is 0 Å². The molecule has 1 amide bonds. The largest absolute Gasteiger partial charge is 0.303 e. The summed E-state index contributed by atoms with van der Waals surface area (Å²) in [6.07, 6.45) is 0.720. The molecule has 0 spiro atoms. The SMILES string of the molecule is Cc1ccsc1N1CCC1=O. The monoisotopic (exact) mass is 167 g/mol. The van der Waals surface area contributed by atoms with Gasteiger partial charge >= 0.3 is 0 Å². The Balaban J connectivity index is 2.29. The van der Waals surface area contributed by atoms with E-state index in [1.54, 1.807) is 11.3 Å². The molecule has 0 N–H and O–H groups in total. The fraction of sp³-hybridized carbons (Fsp3) is 0.375. The van der Waals surface area contributed by atoms with Crippen LogP contribution >= 0.6 is 11.3 Å². The molecule has 2 nitrogen and oxygen atoms in total. The number of rotatable bonds is 1. The highest BCUT2D eigenvalue weighted by atomic mass is 32.1. The predicted molar refractivity (Wildman–Crippen MR) is 46.0 cm³/mol. The smallest absolute Gasteiger partial charge is 0.229 e. The number of thiophene rings is 1. The van der Waals surface area contributed by atoms with Gasteiger partial charge in [0.25, 0.3) is 0 Å². The fourth-order valence-corrected chi connectivity index (χ4v) is 2.15. The van der Waals surface area contributed by atoms with Gasteiger partial charge in [-0.25, -0.2) is 0 Å². The van der Waals surface area contributed by atoms with E-state index in [0.29, 0.717) is 0 Å². The summed E-state index contributed by atoms with van der Waals surface area (Å²) in [5.74, 6) is 0.260. The van der Waals surface area contributed by atoms with Crippen LogP contribution in [0.5, 0.6) is 0 Å². The molecule has 1 aliphatic heterocycles. The Bertz CT molecular complexity index is 292. The van der Waals surface area contributed by atoms with E-state index < -0.39 is 0 Å². The van der Waals surface area contributed by atoms with Gasteiger partial charge in [0.2, 0.25) is 5.91 Å². The lowest BCUT2D eigenvalue weighted by atomic mass is 10.2. The average molecular weight is 167 g/mol. The van der Waals surface area contributed by atoms with Crippen molar-refractivity contribution in [3.05, 3.63) is 17.0 Å². The fourth-order valence-electron chi connectivity index (χ4n) is 1.17. The zero-order chi connectivity index (χ0) is 7.84. The van der Waals surface area contributed by atoms with Gasteiger partial charge in [-0.05, 0) is 23.9 Å². The number of carbonyl (C=O) groups excluding carboxylic acids is 1. The third-order valence-electron chi connectivity index (χ3n) is 1.93. The second kappa shape index (κ2) is 2.34.